The second-order valence-electron chi connectivity index (χ2n) is 9.55. The Morgan fingerprint density at radius 2 is 1.61 bits per heavy atom. The number of alkyl halides is 3. The van der Waals surface area contributed by atoms with E-state index in [1.165, 1.54) is 16.4 Å². The molecule has 2 aromatic rings. The summed E-state index contributed by atoms with van der Waals surface area (Å²) >= 11 is 0. The molecule has 4 rings (SSSR count). The van der Waals surface area contributed by atoms with Gasteiger partial charge in [0.25, 0.3) is 0 Å². The van der Waals surface area contributed by atoms with Crippen LogP contribution >= 0.6 is 0 Å². The number of halogens is 3. The van der Waals surface area contributed by atoms with Crippen LogP contribution in [-0.4, -0.2) is 57.0 Å². The van der Waals surface area contributed by atoms with Crippen molar-refractivity contribution in [2.24, 2.45) is 5.92 Å². The lowest BCUT2D eigenvalue weighted by Gasteiger charge is -2.34. The lowest BCUT2D eigenvalue weighted by atomic mass is 9.96. The summed E-state index contributed by atoms with van der Waals surface area (Å²) in [4.78, 5) is 14.4. The van der Waals surface area contributed by atoms with Gasteiger partial charge in [-0.2, -0.15) is 17.5 Å². The van der Waals surface area contributed by atoms with Crippen molar-refractivity contribution in [2.75, 3.05) is 31.1 Å². The van der Waals surface area contributed by atoms with Crippen molar-refractivity contribution in [3.05, 3.63) is 60.2 Å². The largest absolute Gasteiger partial charge is 0.391 e. The van der Waals surface area contributed by atoms with Crippen LogP contribution in [0.5, 0.6) is 0 Å². The van der Waals surface area contributed by atoms with Gasteiger partial charge in [0.15, 0.2) is 0 Å². The fourth-order valence-electron chi connectivity index (χ4n) is 4.92. The zero-order chi connectivity index (χ0) is 25.8. The molecule has 2 aliphatic heterocycles. The molecular weight excluding hydrogens is 491 g/mol. The van der Waals surface area contributed by atoms with Crippen LogP contribution in [0.3, 0.4) is 0 Å². The minimum absolute atomic E-state index is 0.0375. The highest BCUT2D eigenvalue weighted by Gasteiger charge is 2.41. The molecule has 0 aromatic heterocycles. The van der Waals surface area contributed by atoms with Gasteiger partial charge < -0.3 is 10.2 Å². The van der Waals surface area contributed by atoms with Crippen LogP contribution in [0.1, 0.15) is 37.7 Å². The number of rotatable bonds is 7. The predicted octanol–water partition coefficient (Wildman–Crippen LogP) is 4.37. The van der Waals surface area contributed by atoms with Crippen molar-refractivity contribution in [3.63, 3.8) is 0 Å². The van der Waals surface area contributed by atoms with Crippen LogP contribution < -0.4 is 10.2 Å². The molecule has 2 aromatic carbocycles. The standard InChI is InChI=1S/C26H32F3N3O3S/c27-26(28,29)21-14-17-31(18-15-21)23-9-11-24(12-10-23)36(34,35)32-16-4-7-22(19-32)30-25(33)13-8-20-5-2-1-3-6-20/h1-3,5-6,9-12,21-22H,4,7-8,13-19H2,(H,30,33). The van der Waals surface area contributed by atoms with Crippen molar-refractivity contribution in [2.45, 2.75) is 55.6 Å². The molecule has 2 heterocycles. The van der Waals surface area contributed by atoms with Gasteiger partial charge >= 0.3 is 6.18 Å². The predicted molar refractivity (Wildman–Crippen MR) is 132 cm³/mol. The molecule has 196 valence electrons. The van der Waals surface area contributed by atoms with Crippen molar-refractivity contribution >= 4 is 21.6 Å². The van der Waals surface area contributed by atoms with Crippen molar-refractivity contribution in [1.29, 1.82) is 0 Å². The molecule has 1 unspecified atom stereocenters. The van der Waals surface area contributed by atoms with E-state index in [0.717, 1.165) is 17.7 Å². The Morgan fingerprint density at radius 1 is 0.944 bits per heavy atom. The molecule has 2 saturated heterocycles. The number of carbonyl (C=O) groups is 1. The van der Waals surface area contributed by atoms with E-state index in [-0.39, 0.29) is 49.3 Å². The van der Waals surface area contributed by atoms with E-state index in [4.69, 9.17) is 0 Å². The first-order valence-corrected chi connectivity index (χ1v) is 13.8. The van der Waals surface area contributed by atoms with Crippen LogP contribution in [-0.2, 0) is 21.2 Å². The first-order valence-electron chi connectivity index (χ1n) is 12.4. The second kappa shape index (κ2) is 11.2. The van der Waals surface area contributed by atoms with Gasteiger partial charge in [0.2, 0.25) is 15.9 Å². The fourth-order valence-corrected chi connectivity index (χ4v) is 6.45. The quantitative estimate of drug-likeness (QED) is 0.585. The van der Waals surface area contributed by atoms with Gasteiger partial charge in [0.05, 0.1) is 10.8 Å². The summed E-state index contributed by atoms with van der Waals surface area (Å²) in [6, 6.07) is 15.8. The molecule has 0 bridgehead atoms. The van der Waals surface area contributed by atoms with E-state index in [0.29, 0.717) is 25.8 Å². The van der Waals surface area contributed by atoms with Crippen LogP contribution in [0, 0.1) is 5.92 Å². The van der Waals surface area contributed by atoms with E-state index >= 15 is 0 Å². The average molecular weight is 524 g/mol. The maximum atomic E-state index is 13.2. The number of anilines is 1. The van der Waals surface area contributed by atoms with Gasteiger partial charge in [-0.1, -0.05) is 30.3 Å². The van der Waals surface area contributed by atoms with E-state index in [9.17, 15) is 26.4 Å². The highest BCUT2D eigenvalue weighted by atomic mass is 32.2. The summed E-state index contributed by atoms with van der Waals surface area (Å²) in [5, 5.41) is 2.98. The van der Waals surface area contributed by atoms with Crippen LogP contribution in [0.15, 0.2) is 59.5 Å². The smallest absolute Gasteiger partial charge is 0.372 e. The van der Waals surface area contributed by atoms with Gasteiger partial charge in [-0.25, -0.2) is 8.42 Å². The van der Waals surface area contributed by atoms with E-state index in [1.54, 1.807) is 12.1 Å². The average Bonchev–Trinajstić information content (AvgIpc) is 2.88. The summed E-state index contributed by atoms with van der Waals surface area (Å²) in [6.07, 6.45) is -1.76. The third-order valence-electron chi connectivity index (χ3n) is 7.03. The Bertz CT molecular complexity index is 1120. The Hall–Kier alpha value is -2.59. The van der Waals surface area contributed by atoms with Gasteiger partial charge in [-0.3, -0.25) is 4.79 Å². The van der Waals surface area contributed by atoms with Crippen LogP contribution in [0.2, 0.25) is 0 Å². The summed E-state index contributed by atoms with van der Waals surface area (Å²) in [5.41, 5.74) is 1.80. The zero-order valence-corrected chi connectivity index (χ0v) is 20.9. The SMILES string of the molecule is O=C(CCc1ccccc1)NC1CCCN(S(=O)(=O)c2ccc(N3CCC(C(F)(F)F)CC3)cc2)C1. The molecule has 10 heteroatoms. The highest BCUT2D eigenvalue weighted by Crippen LogP contribution is 2.35. The van der Waals surface area contributed by atoms with Gasteiger partial charge in [0.1, 0.15) is 0 Å². The number of nitrogens with zero attached hydrogens (tertiary/aromatic N) is 2. The molecule has 2 fully saturated rings. The number of hydrogen-bond donors (Lipinski definition) is 1. The summed E-state index contributed by atoms with van der Waals surface area (Å²) in [7, 11) is -3.75. The minimum Gasteiger partial charge on any atom is -0.372 e. The number of sulfonamides is 1. The second-order valence-corrected chi connectivity index (χ2v) is 11.5. The molecule has 0 spiro atoms. The summed E-state index contributed by atoms with van der Waals surface area (Å²) < 4.78 is 66.7. The van der Waals surface area contributed by atoms with Gasteiger partial charge in [-0.15, -0.1) is 0 Å². The van der Waals surface area contributed by atoms with E-state index < -0.39 is 22.1 Å². The minimum atomic E-state index is -4.17. The number of nitrogens with one attached hydrogen (secondary N) is 1. The number of hydrogen-bond acceptors (Lipinski definition) is 4. The van der Waals surface area contributed by atoms with Gasteiger partial charge in [-0.05, 0) is 61.9 Å². The summed E-state index contributed by atoms with van der Waals surface area (Å²) in [6.45, 7) is 1.17. The zero-order valence-electron chi connectivity index (χ0n) is 20.1. The molecule has 0 saturated carbocycles. The molecule has 1 N–H and O–H groups in total. The van der Waals surface area contributed by atoms with Crippen LogP contribution in [0.4, 0.5) is 18.9 Å². The Labute approximate surface area is 210 Å². The van der Waals surface area contributed by atoms with Crippen molar-refractivity contribution < 1.29 is 26.4 Å². The lowest BCUT2D eigenvalue weighted by Crippen LogP contribution is -2.49. The molecule has 6 nitrogen and oxygen atoms in total. The number of amides is 1. The van der Waals surface area contributed by atoms with Crippen LogP contribution in [0.25, 0.3) is 0 Å². The monoisotopic (exact) mass is 523 g/mol. The molecule has 0 aliphatic carbocycles. The number of piperidine rings is 2. The van der Waals surface area contributed by atoms with E-state index in [2.05, 4.69) is 5.32 Å². The maximum Gasteiger partial charge on any atom is 0.391 e. The first-order chi connectivity index (χ1) is 17.1. The topological polar surface area (TPSA) is 69.7 Å². The third-order valence-corrected chi connectivity index (χ3v) is 8.91. The van der Waals surface area contributed by atoms with E-state index in [1.807, 2.05) is 35.2 Å². The highest BCUT2D eigenvalue weighted by molar-refractivity contribution is 7.89. The molecule has 2 aliphatic rings. The molecule has 1 atom stereocenters. The number of benzene rings is 2. The first kappa shape index (κ1) is 26.5. The molecular formula is C26H32F3N3O3S. The van der Waals surface area contributed by atoms with Gasteiger partial charge in [0, 0.05) is 44.3 Å². The Kier molecular flexibility index (Phi) is 8.24. The molecule has 36 heavy (non-hydrogen) atoms. The Morgan fingerprint density at radius 3 is 2.25 bits per heavy atom. The maximum absolute atomic E-state index is 13.2. The molecule has 1 amide bonds. The number of carbonyl (C=O) groups excluding carboxylic acids is 1. The molecule has 0 radical (unpaired) electrons. The Balaban J connectivity index is 1.32. The summed E-state index contributed by atoms with van der Waals surface area (Å²) in [5.74, 6) is -1.37. The number of aryl methyl sites for hydroxylation is 1. The van der Waals surface area contributed by atoms with Crippen molar-refractivity contribution in [3.8, 4) is 0 Å². The normalized spacial score (nSPS) is 20.3. The van der Waals surface area contributed by atoms with Crippen molar-refractivity contribution in [1.82, 2.24) is 9.62 Å². The third kappa shape index (κ3) is 6.59. The fraction of sp³-hybridized carbons (Fsp3) is 0.500. The lowest BCUT2D eigenvalue weighted by molar-refractivity contribution is -0.179.